The summed E-state index contributed by atoms with van der Waals surface area (Å²) in [6, 6.07) is 17.6. The van der Waals surface area contributed by atoms with E-state index in [4.69, 9.17) is 4.74 Å². The van der Waals surface area contributed by atoms with Crippen LogP contribution in [0.3, 0.4) is 0 Å². The predicted octanol–water partition coefficient (Wildman–Crippen LogP) is 2.72. The maximum absolute atomic E-state index is 12.7. The summed E-state index contributed by atoms with van der Waals surface area (Å²) in [5.74, 6) is 0.966. The third-order valence-electron chi connectivity index (χ3n) is 5.51. The van der Waals surface area contributed by atoms with Crippen LogP contribution >= 0.6 is 0 Å². The van der Waals surface area contributed by atoms with Crippen molar-refractivity contribution in [1.29, 1.82) is 0 Å². The van der Waals surface area contributed by atoms with Crippen molar-refractivity contribution in [2.24, 2.45) is 0 Å². The van der Waals surface area contributed by atoms with E-state index in [0.29, 0.717) is 26.2 Å². The number of rotatable bonds is 6. The Kier molecular flexibility index (Phi) is 6.66. The van der Waals surface area contributed by atoms with Gasteiger partial charge in [-0.15, -0.1) is 5.10 Å². The Hall–Kier alpha value is -3.37. The molecule has 1 aromatic heterocycles. The van der Waals surface area contributed by atoms with Crippen molar-refractivity contribution in [2.75, 3.05) is 44.3 Å². The van der Waals surface area contributed by atoms with Crippen LogP contribution in [0.4, 0.5) is 10.6 Å². The van der Waals surface area contributed by atoms with E-state index in [9.17, 15) is 13.2 Å². The molecule has 1 N–H and O–H groups in total. The van der Waals surface area contributed by atoms with Gasteiger partial charge in [-0.25, -0.2) is 13.2 Å². The van der Waals surface area contributed by atoms with Gasteiger partial charge >= 0.3 is 6.03 Å². The zero-order valence-corrected chi connectivity index (χ0v) is 19.5. The second-order valence-electron chi connectivity index (χ2n) is 7.96. The molecule has 0 bridgehead atoms. The van der Waals surface area contributed by atoms with Gasteiger partial charge in [-0.2, -0.15) is 4.68 Å². The van der Waals surface area contributed by atoms with Gasteiger partial charge in [-0.1, -0.05) is 42.5 Å². The first-order valence-electron chi connectivity index (χ1n) is 10.6. The zero-order chi connectivity index (χ0) is 23.4. The molecule has 1 aliphatic heterocycles. The number of nitrogens with one attached hydrogen (secondary N) is 1. The van der Waals surface area contributed by atoms with E-state index < -0.39 is 10.0 Å². The number of hydrogen-bond donors (Lipinski definition) is 1. The van der Waals surface area contributed by atoms with E-state index in [1.807, 2.05) is 18.2 Å². The van der Waals surface area contributed by atoms with Crippen molar-refractivity contribution in [2.45, 2.75) is 6.54 Å². The zero-order valence-electron chi connectivity index (χ0n) is 18.6. The minimum Gasteiger partial charge on any atom is -0.496 e. The van der Waals surface area contributed by atoms with Crippen LogP contribution < -0.4 is 9.46 Å². The minimum absolute atomic E-state index is 0.121. The van der Waals surface area contributed by atoms with Crippen LogP contribution in [-0.2, 0) is 16.6 Å². The number of sulfonamides is 1. The summed E-state index contributed by atoms with van der Waals surface area (Å²) in [7, 11) is -1.76. The normalized spacial score (nSPS) is 14.8. The molecule has 174 valence electrons. The number of methoxy groups -OCH3 is 1. The van der Waals surface area contributed by atoms with Crippen LogP contribution in [0.1, 0.15) is 5.56 Å². The molecule has 0 radical (unpaired) electrons. The van der Waals surface area contributed by atoms with E-state index in [1.165, 1.54) is 12.3 Å². The van der Waals surface area contributed by atoms with Crippen molar-refractivity contribution >= 4 is 21.9 Å². The van der Waals surface area contributed by atoms with Crippen molar-refractivity contribution in [3.8, 4) is 16.9 Å². The van der Waals surface area contributed by atoms with Crippen molar-refractivity contribution in [1.82, 2.24) is 19.6 Å². The second kappa shape index (κ2) is 9.63. The summed E-state index contributed by atoms with van der Waals surface area (Å²) in [5.41, 5.74) is 3.35. The quantitative estimate of drug-likeness (QED) is 0.596. The van der Waals surface area contributed by atoms with Crippen molar-refractivity contribution in [3.05, 3.63) is 66.4 Å². The monoisotopic (exact) mass is 469 g/mol. The molecule has 2 heterocycles. The highest BCUT2D eigenvalue weighted by Crippen LogP contribution is 2.28. The van der Waals surface area contributed by atoms with Crippen molar-refractivity contribution < 1.29 is 17.9 Å². The first-order valence-corrected chi connectivity index (χ1v) is 12.5. The van der Waals surface area contributed by atoms with Gasteiger partial charge in [0.25, 0.3) is 0 Å². The Labute approximate surface area is 193 Å². The standard InChI is InChI=1S/C23H27N5O4S/c1-32-21-16-19(18-6-4-3-5-7-18)8-9-20(21)17-26-12-14-27(15-13-26)23(29)28-11-10-22(24-28)25-33(2,30)31/h3-11,16H,12-15,17H2,1-2H3,(H,24,25). The number of ether oxygens (including phenoxy) is 1. The summed E-state index contributed by atoms with van der Waals surface area (Å²) >= 11 is 0. The molecule has 0 atom stereocenters. The predicted molar refractivity (Wildman–Crippen MR) is 127 cm³/mol. The fourth-order valence-electron chi connectivity index (χ4n) is 3.84. The van der Waals surface area contributed by atoms with Gasteiger partial charge in [-0.05, 0) is 17.2 Å². The second-order valence-corrected chi connectivity index (χ2v) is 9.71. The minimum atomic E-state index is -3.44. The van der Waals surface area contributed by atoms with Crippen LogP contribution in [0.25, 0.3) is 11.1 Å². The Bertz CT molecular complexity index is 1220. The maximum Gasteiger partial charge on any atom is 0.344 e. The average molecular weight is 470 g/mol. The number of aromatic nitrogens is 2. The molecule has 1 saturated heterocycles. The number of anilines is 1. The lowest BCUT2D eigenvalue weighted by Gasteiger charge is -2.34. The van der Waals surface area contributed by atoms with Crippen LogP contribution in [-0.4, -0.2) is 73.6 Å². The summed E-state index contributed by atoms with van der Waals surface area (Å²) in [5, 5.41) is 4.02. The third kappa shape index (κ3) is 5.71. The Morgan fingerprint density at radius 1 is 1.03 bits per heavy atom. The van der Waals surface area contributed by atoms with Gasteiger partial charge in [0.05, 0.1) is 13.4 Å². The van der Waals surface area contributed by atoms with Gasteiger partial charge in [-0.3, -0.25) is 9.62 Å². The van der Waals surface area contributed by atoms with Gasteiger partial charge in [0.2, 0.25) is 10.0 Å². The van der Waals surface area contributed by atoms with Crippen LogP contribution in [0, 0.1) is 0 Å². The molecular weight excluding hydrogens is 442 g/mol. The number of amides is 1. The van der Waals surface area contributed by atoms with Gasteiger partial charge < -0.3 is 9.64 Å². The lowest BCUT2D eigenvalue weighted by atomic mass is 10.0. The maximum atomic E-state index is 12.7. The Morgan fingerprint density at radius 3 is 2.42 bits per heavy atom. The number of carbonyl (C=O) groups is 1. The van der Waals surface area contributed by atoms with Gasteiger partial charge in [0.15, 0.2) is 5.82 Å². The summed E-state index contributed by atoms with van der Waals surface area (Å²) in [6.45, 7) is 3.26. The molecule has 1 aliphatic rings. The smallest absolute Gasteiger partial charge is 0.344 e. The van der Waals surface area contributed by atoms with Crippen molar-refractivity contribution in [3.63, 3.8) is 0 Å². The van der Waals surface area contributed by atoms with E-state index in [-0.39, 0.29) is 11.8 Å². The molecule has 9 nitrogen and oxygen atoms in total. The summed E-state index contributed by atoms with van der Waals surface area (Å²) in [6.07, 6.45) is 2.50. The number of nitrogens with zero attached hydrogens (tertiary/aromatic N) is 4. The fourth-order valence-corrected chi connectivity index (χ4v) is 4.33. The molecule has 1 amide bonds. The van der Waals surface area contributed by atoms with E-state index >= 15 is 0 Å². The van der Waals surface area contributed by atoms with E-state index in [2.05, 4.69) is 45.1 Å². The summed E-state index contributed by atoms with van der Waals surface area (Å²) < 4.78 is 31.7. The largest absolute Gasteiger partial charge is 0.496 e. The highest BCUT2D eigenvalue weighted by atomic mass is 32.2. The highest BCUT2D eigenvalue weighted by Gasteiger charge is 2.24. The molecule has 4 rings (SSSR count). The molecule has 0 unspecified atom stereocenters. The van der Waals surface area contributed by atoms with Crippen LogP contribution in [0.5, 0.6) is 5.75 Å². The number of carbonyl (C=O) groups excluding carboxylic acids is 1. The van der Waals surface area contributed by atoms with Crippen LogP contribution in [0.2, 0.25) is 0 Å². The lowest BCUT2D eigenvalue weighted by Crippen LogP contribution is -2.49. The fraction of sp³-hybridized carbons (Fsp3) is 0.304. The molecule has 0 aliphatic carbocycles. The number of benzene rings is 2. The molecule has 10 heteroatoms. The van der Waals surface area contributed by atoms with Gasteiger partial charge in [0, 0.05) is 50.6 Å². The molecular formula is C23H27N5O4S. The molecule has 1 fully saturated rings. The Morgan fingerprint density at radius 2 is 1.76 bits per heavy atom. The van der Waals surface area contributed by atoms with E-state index in [1.54, 1.807) is 12.0 Å². The third-order valence-corrected chi connectivity index (χ3v) is 6.09. The average Bonchev–Trinajstić information content (AvgIpc) is 3.26. The lowest BCUT2D eigenvalue weighted by molar-refractivity contribution is 0.134. The highest BCUT2D eigenvalue weighted by molar-refractivity contribution is 7.92. The first-order chi connectivity index (χ1) is 15.8. The first kappa shape index (κ1) is 22.8. The van der Waals surface area contributed by atoms with Gasteiger partial charge in [0.1, 0.15) is 5.75 Å². The molecule has 2 aromatic carbocycles. The number of hydrogen-bond acceptors (Lipinski definition) is 6. The molecule has 0 spiro atoms. The molecule has 0 saturated carbocycles. The van der Waals surface area contributed by atoms with Crippen LogP contribution in [0.15, 0.2) is 60.8 Å². The Balaban J connectivity index is 1.36. The van der Waals surface area contributed by atoms with E-state index in [0.717, 1.165) is 39.9 Å². The number of piperazine rings is 1. The summed E-state index contributed by atoms with van der Waals surface area (Å²) in [4.78, 5) is 16.7. The SMILES string of the molecule is COc1cc(-c2ccccc2)ccc1CN1CCN(C(=O)n2ccc(NS(C)(=O)=O)n2)CC1. The topological polar surface area (TPSA) is 96.8 Å². The molecule has 3 aromatic rings. The molecule has 33 heavy (non-hydrogen) atoms.